The molecule has 6 aromatic heterocycles. The molecule has 3 saturated carbocycles. The highest BCUT2D eigenvalue weighted by Crippen LogP contribution is 2.62. The molecule has 0 saturated heterocycles. The topological polar surface area (TPSA) is 155 Å². The molecular formula is C135H99N9O3. The van der Waals surface area contributed by atoms with Crippen molar-refractivity contribution in [2.75, 3.05) is 0 Å². The van der Waals surface area contributed by atoms with Crippen LogP contribution in [0.25, 0.3) is 235 Å². The van der Waals surface area contributed by atoms with Gasteiger partial charge in [-0.05, 0) is 211 Å². The van der Waals surface area contributed by atoms with Gasteiger partial charge in [-0.25, -0.2) is 44.9 Å². The Balaban J connectivity index is 0.000000107. The molecule has 0 amide bonds. The fourth-order valence-electron chi connectivity index (χ4n) is 25.5. The maximum atomic E-state index is 6.24. The lowest BCUT2D eigenvalue weighted by molar-refractivity contribution is 0.353. The fraction of sp³-hybridized carbons (Fsp3) is 0.133. The second-order valence-corrected chi connectivity index (χ2v) is 40.4. The zero-order valence-electron chi connectivity index (χ0n) is 81.2. The normalized spacial score (nSPS) is 14.7. The van der Waals surface area contributed by atoms with Gasteiger partial charge in [0.15, 0.2) is 52.4 Å². The second kappa shape index (κ2) is 36.1. The Labute approximate surface area is 851 Å². The second-order valence-electron chi connectivity index (χ2n) is 40.4. The van der Waals surface area contributed by atoms with Gasteiger partial charge in [-0.2, -0.15) is 0 Å². The minimum absolute atomic E-state index is 0.115. The average molecular weight is 1900 g/mol. The maximum absolute atomic E-state index is 6.24. The number of aromatic nitrogens is 9. The summed E-state index contributed by atoms with van der Waals surface area (Å²) in [4.78, 5) is 45.7. The van der Waals surface area contributed by atoms with Crippen molar-refractivity contribution in [2.24, 2.45) is 0 Å². The third-order valence-electron chi connectivity index (χ3n) is 32.2. The van der Waals surface area contributed by atoms with E-state index < -0.39 is 0 Å². The first kappa shape index (κ1) is 87.2. The Bertz CT molecular complexity index is 9320. The van der Waals surface area contributed by atoms with Crippen molar-refractivity contribution in [1.82, 2.24) is 44.9 Å². The van der Waals surface area contributed by atoms with Crippen molar-refractivity contribution in [3.05, 3.63) is 452 Å². The molecule has 702 valence electrons. The van der Waals surface area contributed by atoms with Gasteiger partial charge in [0, 0.05) is 98.6 Å². The molecule has 0 unspecified atom stereocenters. The highest BCUT2D eigenvalue weighted by molar-refractivity contribution is 6.13. The summed E-state index contributed by atoms with van der Waals surface area (Å²) in [7, 11) is 0. The Hall–Kier alpha value is -17.6. The standard InChI is InChI=1S/3C45H33N3O/c1-3-14-29(15-4-1)42-46-43(48-44(47-42)35-21-13-25-39-41(35)34-19-6-8-24-38(34)49-39)31-17-11-16-30(28-31)32-20-12-23-37-40(32)33-18-5-7-22-36(33)45(37)26-9-2-10-27-45;1-3-13-29(14-4-1)42-46-43(48-44(47-42)32-23-24-35-34-17-6-8-22-39(34)49-40(35)28-32)31-16-11-15-30(27-31)33-19-12-21-38-41(33)36-18-5-7-20-37(36)45(38)25-9-2-10-26-45;1-3-13-29(14-4-1)42-46-43(48-44(47-42)32-23-24-40-36(28-32)34-17-6-8-22-39(34)49-40)31-16-11-15-30(27-31)33-19-12-21-38-41(33)35-18-5-7-20-37(35)45(38)25-9-2-10-26-45/h1,3-8,11-25,28H,2,9-10,26-27H2;2*1,3-8,11-24,27-28H,2,9-10,25-26H2. The van der Waals surface area contributed by atoms with Gasteiger partial charge in [-0.1, -0.05) is 404 Å². The number of hydrogen-bond acceptors (Lipinski definition) is 12. The summed E-state index contributed by atoms with van der Waals surface area (Å²) in [5.41, 5.74) is 38.5. The molecule has 12 heteroatoms. The van der Waals surface area contributed by atoms with Gasteiger partial charge in [0.05, 0.1) is 0 Å². The molecule has 18 aromatic carbocycles. The average Bonchev–Trinajstić information content (AvgIpc) is 1.56. The summed E-state index contributed by atoms with van der Waals surface area (Å²) in [6.07, 6.45) is 19.0. The maximum Gasteiger partial charge on any atom is 0.164 e. The van der Waals surface area contributed by atoms with Crippen molar-refractivity contribution in [3.63, 3.8) is 0 Å². The molecular weight excluding hydrogens is 1800 g/mol. The van der Waals surface area contributed by atoms with E-state index in [-0.39, 0.29) is 16.2 Å². The smallest absolute Gasteiger partial charge is 0.164 e. The van der Waals surface area contributed by atoms with Crippen LogP contribution in [0.2, 0.25) is 0 Å². The number of benzene rings is 18. The van der Waals surface area contributed by atoms with Crippen molar-refractivity contribution >= 4 is 65.8 Å². The Kier molecular flexibility index (Phi) is 21.4. The third-order valence-corrected chi connectivity index (χ3v) is 32.2. The molecule has 0 bridgehead atoms. The molecule has 30 rings (SSSR count). The first-order chi connectivity index (χ1) is 72.8. The van der Waals surface area contributed by atoms with Gasteiger partial charge in [0.2, 0.25) is 0 Å². The first-order valence-electron chi connectivity index (χ1n) is 52.0. The highest BCUT2D eigenvalue weighted by atomic mass is 16.3. The summed E-state index contributed by atoms with van der Waals surface area (Å²) in [5.74, 6) is 5.76. The molecule has 12 nitrogen and oxygen atoms in total. The molecule has 3 spiro atoms. The Morgan fingerprint density at radius 3 is 0.830 bits per heavy atom. The van der Waals surface area contributed by atoms with Gasteiger partial charge >= 0.3 is 0 Å². The molecule has 147 heavy (non-hydrogen) atoms. The molecule has 24 aromatic rings. The fourth-order valence-corrected chi connectivity index (χ4v) is 25.5. The molecule has 6 aliphatic carbocycles. The number of hydrogen-bond donors (Lipinski definition) is 0. The van der Waals surface area contributed by atoms with Crippen LogP contribution in [0, 0.1) is 0 Å². The molecule has 0 N–H and O–H groups in total. The van der Waals surface area contributed by atoms with E-state index in [1.807, 2.05) is 152 Å². The van der Waals surface area contributed by atoms with Crippen LogP contribution >= 0.6 is 0 Å². The van der Waals surface area contributed by atoms with E-state index in [4.69, 9.17) is 58.1 Å². The van der Waals surface area contributed by atoms with E-state index in [1.54, 1.807) is 0 Å². The number of furan rings is 3. The number of fused-ring (bicyclic) bond motifs is 24. The highest BCUT2D eigenvalue weighted by Gasteiger charge is 2.48. The minimum Gasteiger partial charge on any atom is -0.456 e. The third kappa shape index (κ3) is 14.9. The lowest BCUT2D eigenvalue weighted by Crippen LogP contribution is -2.27. The molecule has 3 fully saturated rings. The van der Waals surface area contributed by atoms with E-state index in [9.17, 15) is 0 Å². The van der Waals surface area contributed by atoms with Gasteiger partial charge in [0.25, 0.3) is 0 Å². The molecule has 6 heterocycles. The van der Waals surface area contributed by atoms with Gasteiger partial charge in [-0.15, -0.1) is 0 Å². The van der Waals surface area contributed by atoms with Crippen LogP contribution in [0.4, 0.5) is 0 Å². The van der Waals surface area contributed by atoms with Crippen molar-refractivity contribution < 1.29 is 13.3 Å². The van der Waals surface area contributed by atoms with Crippen LogP contribution in [-0.2, 0) is 16.2 Å². The lowest BCUT2D eigenvalue weighted by Gasteiger charge is -2.36. The largest absolute Gasteiger partial charge is 0.456 e. The van der Waals surface area contributed by atoms with E-state index >= 15 is 0 Å². The molecule has 6 aliphatic rings. The number of rotatable bonds is 12. The summed E-state index contributed by atoms with van der Waals surface area (Å²) in [6.45, 7) is 0. The van der Waals surface area contributed by atoms with E-state index in [0.29, 0.717) is 52.4 Å². The molecule has 0 atom stereocenters. The van der Waals surface area contributed by atoms with Gasteiger partial charge in [0.1, 0.15) is 33.5 Å². The summed E-state index contributed by atoms with van der Waals surface area (Å²) < 4.78 is 18.6. The van der Waals surface area contributed by atoms with Crippen molar-refractivity contribution in [2.45, 2.75) is 113 Å². The van der Waals surface area contributed by atoms with E-state index in [0.717, 1.165) is 116 Å². The van der Waals surface area contributed by atoms with Crippen LogP contribution < -0.4 is 0 Å². The monoisotopic (exact) mass is 1890 g/mol. The first-order valence-corrected chi connectivity index (χ1v) is 52.0. The van der Waals surface area contributed by atoms with Crippen LogP contribution in [-0.4, -0.2) is 44.9 Å². The van der Waals surface area contributed by atoms with E-state index in [1.165, 1.54) is 196 Å². The number of para-hydroxylation sites is 3. The SMILES string of the molecule is c1ccc(-c2nc(-c3cccc(-c4cccc5c4-c4ccccc4C54CCCCC4)c3)nc(-c3ccc4c(c3)oc3ccccc34)n2)cc1.c1ccc(-c2nc(-c3cccc(-c4cccc5c4-c4ccccc4C54CCCCC4)c3)nc(-c3ccc4oc5ccccc5c4c3)n2)cc1.c1ccc(-c2nc(-c3cccc(-c4cccc5c4-c4ccccc4C54CCCCC4)c3)nc(-c3cccc4oc5ccccc5c34)n2)cc1. The van der Waals surface area contributed by atoms with Crippen LogP contribution in [0.5, 0.6) is 0 Å². The molecule has 0 aliphatic heterocycles. The Morgan fingerprint density at radius 1 is 0.150 bits per heavy atom. The quantitative estimate of drug-likeness (QED) is 0.114. The zero-order valence-corrected chi connectivity index (χ0v) is 81.2. The lowest BCUT2D eigenvalue weighted by atomic mass is 9.68. The van der Waals surface area contributed by atoms with Crippen molar-refractivity contribution in [1.29, 1.82) is 0 Å². The summed E-state index contributed by atoms with van der Waals surface area (Å²) in [5, 5.41) is 6.37. The zero-order chi connectivity index (χ0) is 97.1. The molecule has 0 radical (unpaired) electrons. The van der Waals surface area contributed by atoms with Crippen LogP contribution in [0.15, 0.2) is 432 Å². The van der Waals surface area contributed by atoms with Crippen LogP contribution in [0.1, 0.15) is 130 Å². The predicted molar refractivity (Wildman–Crippen MR) is 594 cm³/mol. The summed E-state index contributed by atoms with van der Waals surface area (Å²) >= 11 is 0. The Morgan fingerprint density at radius 2 is 0.408 bits per heavy atom. The minimum atomic E-state index is 0.115. The summed E-state index contributed by atoms with van der Waals surface area (Å²) in [6, 6.07) is 148. The number of nitrogens with zero attached hydrogens (tertiary/aromatic N) is 9. The van der Waals surface area contributed by atoms with E-state index in [2.05, 4.69) is 267 Å². The van der Waals surface area contributed by atoms with Crippen molar-refractivity contribution in [3.8, 4) is 169 Å². The van der Waals surface area contributed by atoms with Crippen LogP contribution in [0.3, 0.4) is 0 Å². The van der Waals surface area contributed by atoms with Gasteiger partial charge < -0.3 is 13.3 Å². The predicted octanol–water partition coefficient (Wildman–Crippen LogP) is 35.0. The van der Waals surface area contributed by atoms with Gasteiger partial charge in [-0.3, -0.25) is 0 Å².